The van der Waals surface area contributed by atoms with Gasteiger partial charge < -0.3 is 10.1 Å². The number of aromatic nitrogens is 1. The molecule has 2 rings (SSSR count). The molecule has 4 nitrogen and oxygen atoms in total. The van der Waals surface area contributed by atoms with Gasteiger partial charge in [0.1, 0.15) is 0 Å². The van der Waals surface area contributed by atoms with Gasteiger partial charge in [-0.05, 0) is 32.0 Å². The number of rotatable bonds is 3. The number of nitrogens with one attached hydrogen (secondary N) is 1. The van der Waals surface area contributed by atoms with Gasteiger partial charge in [0.05, 0.1) is 23.9 Å². The van der Waals surface area contributed by atoms with E-state index in [-0.39, 0.29) is 23.9 Å². The van der Waals surface area contributed by atoms with E-state index in [9.17, 15) is 4.79 Å². The van der Waals surface area contributed by atoms with E-state index < -0.39 is 0 Å². The molecule has 0 aromatic carbocycles. The van der Waals surface area contributed by atoms with Gasteiger partial charge in [0, 0.05) is 6.20 Å². The van der Waals surface area contributed by atoms with Crippen LogP contribution < -0.4 is 5.32 Å². The molecular weight excluding hydrogens is 228 g/mol. The van der Waals surface area contributed by atoms with Crippen molar-refractivity contribution in [3.63, 3.8) is 0 Å². The summed E-state index contributed by atoms with van der Waals surface area (Å²) in [5.74, 6) is -0.344. The van der Waals surface area contributed by atoms with Crippen LogP contribution in [0.15, 0.2) is 18.3 Å². The maximum atomic E-state index is 11.2. The molecule has 1 aromatic rings. The molecule has 16 heavy (non-hydrogen) atoms. The normalized spacial score (nSPS) is 16.1. The van der Waals surface area contributed by atoms with Crippen molar-refractivity contribution < 1.29 is 9.53 Å². The van der Waals surface area contributed by atoms with Crippen LogP contribution in [0.3, 0.4) is 0 Å². The van der Waals surface area contributed by atoms with Crippen molar-refractivity contribution in [3.05, 3.63) is 29.6 Å². The van der Waals surface area contributed by atoms with Crippen LogP contribution in [0.2, 0.25) is 0 Å². The number of hydrogen-bond acceptors (Lipinski definition) is 4. The molecule has 0 unspecified atom stereocenters. The highest BCUT2D eigenvalue weighted by Crippen LogP contribution is 2.43. The van der Waals surface area contributed by atoms with E-state index in [1.54, 1.807) is 12.3 Å². The topological polar surface area (TPSA) is 51.2 Å². The summed E-state index contributed by atoms with van der Waals surface area (Å²) in [7, 11) is 3.30. The highest BCUT2D eigenvalue weighted by molar-refractivity contribution is 5.88. The minimum atomic E-state index is -0.344. The summed E-state index contributed by atoms with van der Waals surface area (Å²) in [5, 5.41) is 3.25. The maximum absolute atomic E-state index is 11.2. The largest absolute Gasteiger partial charge is 0.465 e. The zero-order valence-electron chi connectivity index (χ0n) is 9.32. The Morgan fingerprint density at radius 1 is 1.50 bits per heavy atom. The molecule has 1 saturated carbocycles. The average Bonchev–Trinajstić information content (AvgIpc) is 3.09. The van der Waals surface area contributed by atoms with E-state index >= 15 is 0 Å². The van der Waals surface area contributed by atoms with Crippen LogP contribution >= 0.6 is 12.4 Å². The fraction of sp³-hybridized carbons (Fsp3) is 0.455. The minimum Gasteiger partial charge on any atom is -0.465 e. The van der Waals surface area contributed by atoms with Gasteiger partial charge in [-0.1, -0.05) is 0 Å². The predicted molar refractivity (Wildman–Crippen MR) is 62.8 cm³/mol. The fourth-order valence-electron chi connectivity index (χ4n) is 1.67. The van der Waals surface area contributed by atoms with Gasteiger partial charge in [-0.3, -0.25) is 4.98 Å². The minimum absolute atomic E-state index is 0. The van der Waals surface area contributed by atoms with Crippen molar-refractivity contribution in [1.82, 2.24) is 10.3 Å². The average molecular weight is 243 g/mol. The standard InChI is InChI=1S/C11H14N2O2.ClH/c1-12-11(5-6-11)9-4-3-8(7-13-9)10(14)15-2;/h3-4,7,12H,5-6H2,1-2H3;1H. The molecule has 1 aliphatic carbocycles. The predicted octanol–water partition coefficient (Wildman–Crippen LogP) is 1.50. The van der Waals surface area contributed by atoms with Crippen molar-refractivity contribution >= 4 is 18.4 Å². The van der Waals surface area contributed by atoms with Crippen molar-refractivity contribution in [3.8, 4) is 0 Å². The number of nitrogens with zero attached hydrogens (tertiary/aromatic N) is 1. The summed E-state index contributed by atoms with van der Waals surface area (Å²) >= 11 is 0. The molecule has 0 radical (unpaired) electrons. The summed E-state index contributed by atoms with van der Waals surface area (Å²) in [6, 6.07) is 3.64. The van der Waals surface area contributed by atoms with Crippen molar-refractivity contribution in [1.29, 1.82) is 0 Å². The van der Waals surface area contributed by atoms with Gasteiger partial charge in [-0.2, -0.15) is 0 Å². The molecule has 1 aliphatic rings. The molecule has 0 atom stereocenters. The van der Waals surface area contributed by atoms with Crippen LogP contribution in [0.25, 0.3) is 0 Å². The van der Waals surface area contributed by atoms with Gasteiger partial charge in [0.25, 0.3) is 0 Å². The molecule has 0 spiro atoms. The second kappa shape index (κ2) is 4.80. The maximum Gasteiger partial charge on any atom is 0.339 e. The van der Waals surface area contributed by atoms with E-state index in [1.165, 1.54) is 7.11 Å². The highest BCUT2D eigenvalue weighted by atomic mass is 35.5. The lowest BCUT2D eigenvalue weighted by molar-refractivity contribution is 0.0600. The molecule has 1 fully saturated rings. The molecule has 1 N–H and O–H groups in total. The van der Waals surface area contributed by atoms with Gasteiger partial charge in [0.2, 0.25) is 0 Å². The smallest absolute Gasteiger partial charge is 0.339 e. The summed E-state index contributed by atoms with van der Waals surface area (Å²) < 4.78 is 4.61. The van der Waals surface area contributed by atoms with Crippen LogP contribution in [-0.4, -0.2) is 25.1 Å². The van der Waals surface area contributed by atoms with Crippen LogP contribution in [0.4, 0.5) is 0 Å². The second-order valence-corrected chi connectivity index (χ2v) is 3.76. The Balaban J connectivity index is 0.00000128. The van der Waals surface area contributed by atoms with Crippen LogP contribution in [0, 0.1) is 0 Å². The quantitative estimate of drug-likeness (QED) is 0.817. The first-order chi connectivity index (χ1) is 7.22. The lowest BCUT2D eigenvalue weighted by Crippen LogP contribution is -2.25. The fourth-order valence-corrected chi connectivity index (χ4v) is 1.67. The lowest BCUT2D eigenvalue weighted by atomic mass is 10.1. The number of halogens is 1. The van der Waals surface area contributed by atoms with Crippen LogP contribution in [0.1, 0.15) is 28.9 Å². The Kier molecular flexibility index (Phi) is 3.88. The number of ether oxygens (including phenoxy) is 1. The zero-order valence-corrected chi connectivity index (χ0v) is 10.1. The third-order valence-corrected chi connectivity index (χ3v) is 2.90. The first kappa shape index (κ1) is 12.9. The SMILES string of the molecule is CNC1(c2ccc(C(=O)OC)cn2)CC1.Cl. The Labute approximate surface area is 101 Å². The van der Waals surface area contributed by atoms with Gasteiger partial charge in [0.15, 0.2) is 0 Å². The summed E-state index contributed by atoms with van der Waals surface area (Å²) in [5.41, 5.74) is 1.54. The summed E-state index contributed by atoms with van der Waals surface area (Å²) in [6.45, 7) is 0. The first-order valence-corrected chi connectivity index (χ1v) is 4.95. The number of methoxy groups -OCH3 is 1. The molecule has 1 heterocycles. The molecule has 0 bridgehead atoms. The van der Waals surface area contributed by atoms with Crippen molar-refractivity contribution in [2.24, 2.45) is 0 Å². The van der Waals surface area contributed by atoms with E-state index in [1.807, 2.05) is 13.1 Å². The first-order valence-electron chi connectivity index (χ1n) is 4.95. The number of pyridine rings is 1. The highest BCUT2D eigenvalue weighted by Gasteiger charge is 2.44. The van der Waals surface area contributed by atoms with Gasteiger partial charge in [-0.25, -0.2) is 4.79 Å². The third kappa shape index (κ3) is 2.18. The Bertz CT molecular complexity index is 374. The van der Waals surface area contributed by atoms with E-state index in [0.717, 1.165) is 18.5 Å². The summed E-state index contributed by atoms with van der Waals surface area (Å²) in [6.07, 6.45) is 3.78. The molecule has 88 valence electrons. The molecule has 0 amide bonds. The molecule has 5 heteroatoms. The second-order valence-electron chi connectivity index (χ2n) is 3.76. The molecular formula is C11H15ClN2O2. The van der Waals surface area contributed by atoms with Crippen molar-refractivity contribution in [2.45, 2.75) is 18.4 Å². The number of carbonyl (C=O) groups excluding carboxylic acids is 1. The molecule has 0 saturated heterocycles. The van der Waals surface area contributed by atoms with E-state index in [4.69, 9.17) is 0 Å². The van der Waals surface area contributed by atoms with Gasteiger partial charge in [-0.15, -0.1) is 12.4 Å². The zero-order chi connectivity index (χ0) is 10.9. The van der Waals surface area contributed by atoms with E-state index in [2.05, 4.69) is 15.0 Å². The summed E-state index contributed by atoms with van der Waals surface area (Å²) in [4.78, 5) is 15.5. The Morgan fingerprint density at radius 2 is 2.19 bits per heavy atom. The lowest BCUT2D eigenvalue weighted by Gasteiger charge is -2.13. The third-order valence-electron chi connectivity index (χ3n) is 2.90. The number of carbonyl (C=O) groups is 1. The monoisotopic (exact) mass is 242 g/mol. The van der Waals surface area contributed by atoms with Crippen LogP contribution in [0.5, 0.6) is 0 Å². The molecule has 0 aliphatic heterocycles. The Morgan fingerprint density at radius 3 is 2.56 bits per heavy atom. The van der Waals surface area contributed by atoms with Crippen LogP contribution in [-0.2, 0) is 10.3 Å². The van der Waals surface area contributed by atoms with Gasteiger partial charge >= 0.3 is 5.97 Å². The number of esters is 1. The van der Waals surface area contributed by atoms with Crippen molar-refractivity contribution in [2.75, 3.05) is 14.2 Å². The number of hydrogen-bond donors (Lipinski definition) is 1. The van der Waals surface area contributed by atoms with E-state index in [0.29, 0.717) is 5.56 Å². The molecule has 1 aromatic heterocycles. The Hall–Kier alpha value is -1.13.